The summed E-state index contributed by atoms with van der Waals surface area (Å²) in [7, 11) is 3.23. The van der Waals surface area contributed by atoms with Gasteiger partial charge in [-0.3, -0.25) is 4.79 Å². The third-order valence-corrected chi connectivity index (χ3v) is 4.12. The normalized spacial score (nSPS) is 17.2. The van der Waals surface area contributed by atoms with Crippen LogP contribution in [0.25, 0.3) is 0 Å². The third kappa shape index (κ3) is 2.29. The SMILES string of the molecule is COc1ccc2c(c1OC)CC[C@H](c1ccccc1)C2=O. The van der Waals surface area contributed by atoms with Gasteiger partial charge in [0.15, 0.2) is 17.3 Å². The zero-order chi connectivity index (χ0) is 14.8. The maximum Gasteiger partial charge on any atom is 0.170 e. The van der Waals surface area contributed by atoms with Gasteiger partial charge in [-0.25, -0.2) is 0 Å². The quantitative estimate of drug-likeness (QED) is 0.862. The molecule has 108 valence electrons. The molecule has 3 nitrogen and oxygen atoms in total. The first-order valence-electron chi connectivity index (χ1n) is 7.09. The summed E-state index contributed by atoms with van der Waals surface area (Å²) in [5.74, 6) is 1.48. The number of rotatable bonds is 3. The molecule has 0 spiro atoms. The fraction of sp³-hybridized carbons (Fsp3) is 0.278. The molecule has 2 aromatic carbocycles. The van der Waals surface area contributed by atoms with E-state index in [-0.39, 0.29) is 11.7 Å². The van der Waals surface area contributed by atoms with Crippen LogP contribution >= 0.6 is 0 Å². The van der Waals surface area contributed by atoms with Crippen molar-refractivity contribution in [2.75, 3.05) is 14.2 Å². The highest BCUT2D eigenvalue weighted by Gasteiger charge is 2.31. The van der Waals surface area contributed by atoms with Crippen LogP contribution < -0.4 is 9.47 Å². The molecule has 0 N–H and O–H groups in total. The molecular weight excluding hydrogens is 264 g/mol. The second-order valence-corrected chi connectivity index (χ2v) is 5.19. The standard InChI is InChI=1S/C18H18O3/c1-20-16-11-10-14-15(18(16)21-2)9-8-13(17(14)19)12-6-4-3-5-7-12/h3-7,10-11,13H,8-9H2,1-2H3/t13-/m1/s1. The van der Waals surface area contributed by atoms with Gasteiger partial charge in [-0.1, -0.05) is 30.3 Å². The van der Waals surface area contributed by atoms with Crippen LogP contribution in [0.3, 0.4) is 0 Å². The molecule has 0 aliphatic heterocycles. The van der Waals surface area contributed by atoms with E-state index in [0.29, 0.717) is 11.5 Å². The van der Waals surface area contributed by atoms with Gasteiger partial charge < -0.3 is 9.47 Å². The number of hydrogen-bond donors (Lipinski definition) is 0. The number of Topliss-reactive ketones (excluding diaryl/α,β-unsaturated/α-hetero) is 1. The van der Waals surface area contributed by atoms with E-state index in [2.05, 4.69) is 0 Å². The van der Waals surface area contributed by atoms with Crippen LogP contribution in [-0.4, -0.2) is 20.0 Å². The summed E-state index contributed by atoms with van der Waals surface area (Å²) in [6.45, 7) is 0. The molecule has 0 saturated carbocycles. The third-order valence-electron chi connectivity index (χ3n) is 4.12. The summed E-state index contributed by atoms with van der Waals surface area (Å²) < 4.78 is 10.8. The summed E-state index contributed by atoms with van der Waals surface area (Å²) in [6, 6.07) is 13.6. The van der Waals surface area contributed by atoms with E-state index in [0.717, 1.165) is 29.5 Å². The first-order valence-corrected chi connectivity index (χ1v) is 7.09. The van der Waals surface area contributed by atoms with Gasteiger partial charge in [-0.15, -0.1) is 0 Å². The van der Waals surface area contributed by atoms with E-state index in [4.69, 9.17) is 9.47 Å². The highest BCUT2D eigenvalue weighted by Crippen LogP contribution is 2.41. The lowest BCUT2D eigenvalue weighted by molar-refractivity contribution is 0.0945. The molecule has 1 aliphatic carbocycles. The van der Waals surface area contributed by atoms with Gasteiger partial charge in [0, 0.05) is 17.0 Å². The summed E-state index contributed by atoms with van der Waals surface area (Å²) in [5.41, 5.74) is 2.81. The molecular formula is C18H18O3. The molecule has 3 heteroatoms. The van der Waals surface area contributed by atoms with Crippen molar-refractivity contribution in [1.82, 2.24) is 0 Å². The van der Waals surface area contributed by atoms with Gasteiger partial charge >= 0.3 is 0 Å². The van der Waals surface area contributed by atoms with Gasteiger partial charge in [0.2, 0.25) is 0 Å². The Bertz CT molecular complexity index is 662. The van der Waals surface area contributed by atoms with E-state index < -0.39 is 0 Å². The maximum absolute atomic E-state index is 12.8. The number of fused-ring (bicyclic) bond motifs is 1. The highest BCUT2D eigenvalue weighted by molar-refractivity contribution is 6.04. The summed E-state index contributed by atoms with van der Waals surface area (Å²) in [5, 5.41) is 0. The second kappa shape index (κ2) is 5.60. The van der Waals surface area contributed by atoms with Crippen LogP contribution in [0, 0.1) is 0 Å². The molecule has 0 radical (unpaired) electrons. The predicted octanol–water partition coefficient (Wildman–Crippen LogP) is 3.62. The minimum atomic E-state index is -0.0585. The van der Waals surface area contributed by atoms with Gasteiger partial charge in [0.1, 0.15) is 0 Å². The van der Waals surface area contributed by atoms with E-state index in [1.54, 1.807) is 14.2 Å². The van der Waals surface area contributed by atoms with Gasteiger partial charge in [0.05, 0.1) is 14.2 Å². The molecule has 0 aromatic heterocycles. The number of ether oxygens (including phenoxy) is 2. The largest absolute Gasteiger partial charge is 0.493 e. The Morgan fingerprint density at radius 1 is 1.00 bits per heavy atom. The van der Waals surface area contributed by atoms with Crippen LogP contribution in [0.1, 0.15) is 33.8 Å². The number of methoxy groups -OCH3 is 2. The Hall–Kier alpha value is -2.29. The van der Waals surface area contributed by atoms with E-state index in [9.17, 15) is 4.79 Å². The molecule has 0 amide bonds. The zero-order valence-electron chi connectivity index (χ0n) is 12.3. The van der Waals surface area contributed by atoms with Crippen LogP contribution in [0.15, 0.2) is 42.5 Å². The second-order valence-electron chi connectivity index (χ2n) is 5.19. The smallest absolute Gasteiger partial charge is 0.170 e. The average molecular weight is 282 g/mol. The fourth-order valence-corrected chi connectivity index (χ4v) is 3.08. The predicted molar refractivity (Wildman–Crippen MR) is 81.4 cm³/mol. The summed E-state index contributed by atoms with van der Waals surface area (Å²) >= 11 is 0. The number of benzene rings is 2. The average Bonchev–Trinajstić information content (AvgIpc) is 2.55. The molecule has 1 aliphatic rings. The Morgan fingerprint density at radius 2 is 1.76 bits per heavy atom. The Morgan fingerprint density at radius 3 is 2.43 bits per heavy atom. The van der Waals surface area contributed by atoms with E-state index in [1.165, 1.54) is 0 Å². The maximum atomic E-state index is 12.8. The molecule has 3 rings (SSSR count). The van der Waals surface area contributed by atoms with Crippen LogP contribution in [-0.2, 0) is 6.42 Å². The van der Waals surface area contributed by atoms with Gasteiger partial charge in [0.25, 0.3) is 0 Å². The van der Waals surface area contributed by atoms with Crippen molar-refractivity contribution < 1.29 is 14.3 Å². The summed E-state index contributed by atoms with van der Waals surface area (Å²) in [6.07, 6.45) is 1.63. The monoisotopic (exact) mass is 282 g/mol. The molecule has 0 bridgehead atoms. The Kier molecular flexibility index (Phi) is 3.65. The van der Waals surface area contributed by atoms with Crippen molar-refractivity contribution in [2.24, 2.45) is 0 Å². The Balaban J connectivity index is 2.03. The molecule has 0 fully saturated rings. The van der Waals surface area contributed by atoms with Crippen LogP contribution in [0.2, 0.25) is 0 Å². The van der Waals surface area contributed by atoms with Gasteiger partial charge in [-0.05, 0) is 30.5 Å². The van der Waals surface area contributed by atoms with Crippen LogP contribution in [0.4, 0.5) is 0 Å². The lowest BCUT2D eigenvalue weighted by atomic mass is 9.78. The number of carbonyl (C=O) groups is 1. The van der Waals surface area contributed by atoms with Crippen LogP contribution in [0.5, 0.6) is 11.5 Å². The molecule has 0 saturated heterocycles. The summed E-state index contributed by atoms with van der Waals surface area (Å²) in [4.78, 5) is 12.8. The van der Waals surface area contributed by atoms with Crippen molar-refractivity contribution in [2.45, 2.75) is 18.8 Å². The lowest BCUT2D eigenvalue weighted by Crippen LogP contribution is -2.21. The molecule has 1 atom stereocenters. The zero-order valence-corrected chi connectivity index (χ0v) is 12.3. The minimum absolute atomic E-state index is 0.0585. The lowest BCUT2D eigenvalue weighted by Gasteiger charge is -2.26. The number of carbonyl (C=O) groups excluding carboxylic acids is 1. The first-order chi connectivity index (χ1) is 10.3. The van der Waals surface area contributed by atoms with Crippen molar-refractivity contribution in [3.8, 4) is 11.5 Å². The van der Waals surface area contributed by atoms with E-state index >= 15 is 0 Å². The first kappa shape index (κ1) is 13.7. The topological polar surface area (TPSA) is 35.5 Å². The molecule has 0 unspecified atom stereocenters. The van der Waals surface area contributed by atoms with Crippen molar-refractivity contribution in [3.05, 3.63) is 59.2 Å². The van der Waals surface area contributed by atoms with Gasteiger partial charge in [-0.2, -0.15) is 0 Å². The fourth-order valence-electron chi connectivity index (χ4n) is 3.08. The Labute approximate surface area is 124 Å². The number of hydrogen-bond acceptors (Lipinski definition) is 3. The van der Waals surface area contributed by atoms with Crippen molar-refractivity contribution in [1.29, 1.82) is 0 Å². The van der Waals surface area contributed by atoms with E-state index in [1.807, 2.05) is 42.5 Å². The molecule has 0 heterocycles. The highest BCUT2D eigenvalue weighted by atomic mass is 16.5. The minimum Gasteiger partial charge on any atom is -0.493 e. The van der Waals surface area contributed by atoms with Crippen molar-refractivity contribution in [3.63, 3.8) is 0 Å². The molecule has 21 heavy (non-hydrogen) atoms. The molecule has 2 aromatic rings. The number of ketones is 1. The van der Waals surface area contributed by atoms with Crippen molar-refractivity contribution >= 4 is 5.78 Å².